The van der Waals surface area contributed by atoms with Gasteiger partial charge in [0.2, 0.25) is 5.91 Å². The second kappa shape index (κ2) is 11.4. The Morgan fingerprint density at radius 3 is 2.44 bits per heavy atom. The SMILES string of the molecule is CNC(O)CCCNC(=O)C(CCCCN)NC. The summed E-state index contributed by atoms with van der Waals surface area (Å²) >= 11 is 0. The first-order chi connectivity index (χ1) is 8.65. The summed E-state index contributed by atoms with van der Waals surface area (Å²) in [5, 5.41) is 17.9. The van der Waals surface area contributed by atoms with Gasteiger partial charge in [-0.05, 0) is 46.3 Å². The molecule has 6 nitrogen and oxygen atoms in total. The topological polar surface area (TPSA) is 99.4 Å². The normalized spacial score (nSPS) is 14.2. The maximum atomic E-state index is 11.8. The molecule has 0 radical (unpaired) electrons. The van der Waals surface area contributed by atoms with Gasteiger partial charge in [-0.3, -0.25) is 10.1 Å². The third-order valence-corrected chi connectivity index (χ3v) is 2.90. The smallest absolute Gasteiger partial charge is 0.237 e. The van der Waals surface area contributed by atoms with E-state index in [0.717, 1.165) is 25.7 Å². The van der Waals surface area contributed by atoms with Crippen molar-refractivity contribution in [3.63, 3.8) is 0 Å². The molecule has 6 N–H and O–H groups in total. The molecule has 0 spiro atoms. The van der Waals surface area contributed by atoms with Crippen LogP contribution in [0.4, 0.5) is 0 Å². The minimum absolute atomic E-state index is 0.0217. The molecule has 6 heteroatoms. The maximum absolute atomic E-state index is 11.8. The van der Waals surface area contributed by atoms with Crippen molar-refractivity contribution >= 4 is 5.91 Å². The van der Waals surface area contributed by atoms with Gasteiger partial charge in [0.1, 0.15) is 6.23 Å². The minimum atomic E-state index is -0.494. The molecule has 2 unspecified atom stereocenters. The monoisotopic (exact) mass is 260 g/mol. The van der Waals surface area contributed by atoms with E-state index in [2.05, 4.69) is 16.0 Å². The molecule has 0 saturated carbocycles. The first-order valence-electron chi connectivity index (χ1n) is 6.66. The van der Waals surface area contributed by atoms with E-state index in [1.54, 1.807) is 14.1 Å². The molecule has 0 bridgehead atoms. The predicted octanol–water partition coefficient (Wildman–Crippen LogP) is -0.862. The molecule has 0 fully saturated rings. The Kier molecular flexibility index (Phi) is 11.0. The average Bonchev–Trinajstić information content (AvgIpc) is 2.39. The van der Waals surface area contributed by atoms with E-state index in [0.29, 0.717) is 19.5 Å². The summed E-state index contributed by atoms with van der Waals surface area (Å²) in [6.45, 7) is 1.26. The Labute approximate surface area is 110 Å². The number of likely N-dealkylation sites (N-methyl/N-ethyl adjacent to an activating group) is 1. The van der Waals surface area contributed by atoms with Gasteiger partial charge in [0.25, 0.3) is 0 Å². The molecule has 0 heterocycles. The lowest BCUT2D eigenvalue weighted by molar-refractivity contribution is -0.123. The van der Waals surface area contributed by atoms with Crippen LogP contribution in [0.2, 0.25) is 0 Å². The van der Waals surface area contributed by atoms with Crippen molar-refractivity contribution in [2.24, 2.45) is 5.73 Å². The molecule has 108 valence electrons. The fourth-order valence-corrected chi connectivity index (χ4v) is 1.67. The van der Waals surface area contributed by atoms with Crippen LogP contribution in [0.3, 0.4) is 0 Å². The zero-order valence-electron chi connectivity index (χ0n) is 11.5. The van der Waals surface area contributed by atoms with Crippen molar-refractivity contribution < 1.29 is 9.90 Å². The summed E-state index contributed by atoms with van der Waals surface area (Å²) in [5.74, 6) is 0.0217. The first-order valence-corrected chi connectivity index (χ1v) is 6.66. The highest BCUT2D eigenvalue weighted by atomic mass is 16.3. The number of amides is 1. The Morgan fingerprint density at radius 1 is 1.17 bits per heavy atom. The summed E-state index contributed by atoms with van der Waals surface area (Å²) < 4.78 is 0. The Hall–Kier alpha value is -0.690. The maximum Gasteiger partial charge on any atom is 0.237 e. The minimum Gasteiger partial charge on any atom is -0.379 e. The van der Waals surface area contributed by atoms with Crippen LogP contribution in [0.1, 0.15) is 32.1 Å². The van der Waals surface area contributed by atoms with Crippen LogP contribution in [-0.2, 0) is 4.79 Å². The van der Waals surface area contributed by atoms with Crippen LogP contribution < -0.4 is 21.7 Å². The first kappa shape index (κ1) is 17.3. The van der Waals surface area contributed by atoms with Crippen LogP contribution in [0.25, 0.3) is 0 Å². The molecule has 2 atom stereocenters. The third kappa shape index (κ3) is 8.41. The molecule has 0 rings (SSSR count). The molecule has 0 aromatic heterocycles. The fraction of sp³-hybridized carbons (Fsp3) is 0.917. The molecule has 0 aliphatic carbocycles. The van der Waals surface area contributed by atoms with Crippen LogP contribution in [-0.4, -0.2) is 50.5 Å². The fourth-order valence-electron chi connectivity index (χ4n) is 1.67. The van der Waals surface area contributed by atoms with Gasteiger partial charge in [-0.1, -0.05) is 6.42 Å². The lowest BCUT2D eigenvalue weighted by atomic mass is 10.1. The summed E-state index contributed by atoms with van der Waals surface area (Å²) in [7, 11) is 3.50. The Morgan fingerprint density at radius 2 is 1.89 bits per heavy atom. The quantitative estimate of drug-likeness (QED) is 0.246. The number of rotatable bonds is 11. The third-order valence-electron chi connectivity index (χ3n) is 2.90. The lowest BCUT2D eigenvalue weighted by Gasteiger charge is -2.16. The van der Waals surface area contributed by atoms with Crippen molar-refractivity contribution in [2.45, 2.75) is 44.4 Å². The molecule has 18 heavy (non-hydrogen) atoms. The zero-order chi connectivity index (χ0) is 13.8. The number of carbonyl (C=O) groups excluding carboxylic acids is 1. The van der Waals surface area contributed by atoms with Gasteiger partial charge < -0.3 is 21.5 Å². The van der Waals surface area contributed by atoms with Crippen LogP contribution in [0, 0.1) is 0 Å². The standard InChI is InChI=1S/C12H28N4O2/c1-14-10(6-3-4-8-13)12(18)16-9-5-7-11(17)15-2/h10-11,14-15,17H,3-9,13H2,1-2H3,(H,16,18). The lowest BCUT2D eigenvalue weighted by Crippen LogP contribution is -2.43. The van der Waals surface area contributed by atoms with E-state index < -0.39 is 6.23 Å². The molecule has 0 aliphatic heterocycles. The van der Waals surface area contributed by atoms with E-state index in [-0.39, 0.29) is 11.9 Å². The van der Waals surface area contributed by atoms with E-state index >= 15 is 0 Å². The van der Waals surface area contributed by atoms with Crippen LogP contribution in [0.5, 0.6) is 0 Å². The zero-order valence-corrected chi connectivity index (χ0v) is 11.5. The van der Waals surface area contributed by atoms with Gasteiger partial charge in [-0.2, -0.15) is 0 Å². The van der Waals surface area contributed by atoms with E-state index in [9.17, 15) is 9.90 Å². The van der Waals surface area contributed by atoms with E-state index in [4.69, 9.17) is 5.73 Å². The number of unbranched alkanes of at least 4 members (excludes halogenated alkanes) is 1. The molecule has 1 amide bonds. The summed E-state index contributed by atoms with van der Waals surface area (Å²) in [5.41, 5.74) is 5.42. The van der Waals surface area contributed by atoms with Crippen molar-refractivity contribution in [1.29, 1.82) is 0 Å². The van der Waals surface area contributed by atoms with Gasteiger partial charge in [-0.15, -0.1) is 0 Å². The molecule has 0 aromatic carbocycles. The van der Waals surface area contributed by atoms with Crippen molar-refractivity contribution in [3.05, 3.63) is 0 Å². The second-order valence-electron chi connectivity index (χ2n) is 4.36. The van der Waals surface area contributed by atoms with Crippen molar-refractivity contribution in [1.82, 2.24) is 16.0 Å². The number of aliphatic hydroxyl groups is 1. The molecular weight excluding hydrogens is 232 g/mol. The average molecular weight is 260 g/mol. The van der Waals surface area contributed by atoms with Crippen LogP contribution >= 0.6 is 0 Å². The summed E-state index contributed by atoms with van der Waals surface area (Å²) in [6.07, 6.45) is 3.60. The van der Waals surface area contributed by atoms with Crippen molar-refractivity contribution in [2.75, 3.05) is 27.2 Å². The number of aliphatic hydroxyl groups excluding tert-OH is 1. The van der Waals surface area contributed by atoms with Gasteiger partial charge in [0, 0.05) is 6.54 Å². The van der Waals surface area contributed by atoms with E-state index in [1.807, 2.05) is 0 Å². The number of nitrogens with one attached hydrogen (secondary N) is 3. The summed E-state index contributed by atoms with van der Waals surface area (Å²) in [4.78, 5) is 11.8. The molecule has 0 saturated heterocycles. The molecular formula is C12H28N4O2. The van der Waals surface area contributed by atoms with Gasteiger partial charge in [-0.25, -0.2) is 0 Å². The number of nitrogens with two attached hydrogens (primary N) is 1. The Bertz CT molecular complexity index is 214. The van der Waals surface area contributed by atoms with Gasteiger partial charge >= 0.3 is 0 Å². The van der Waals surface area contributed by atoms with Crippen LogP contribution in [0.15, 0.2) is 0 Å². The second-order valence-corrected chi connectivity index (χ2v) is 4.36. The highest BCUT2D eigenvalue weighted by Gasteiger charge is 2.14. The predicted molar refractivity (Wildman–Crippen MR) is 73.1 cm³/mol. The molecule has 0 aromatic rings. The largest absolute Gasteiger partial charge is 0.379 e. The highest BCUT2D eigenvalue weighted by Crippen LogP contribution is 2.00. The highest BCUT2D eigenvalue weighted by molar-refractivity contribution is 5.81. The number of carbonyl (C=O) groups is 1. The number of hydrogen-bond acceptors (Lipinski definition) is 5. The van der Waals surface area contributed by atoms with Crippen molar-refractivity contribution in [3.8, 4) is 0 Å². The summed E-state index contributed by atoms with van der Waals surface area (Å²) in [6, 6.07) is -0.147. The van der Waals surface area contributed by atoms with E-state index in [1.165, 1.54) is 0 Å². The Balaban J connectivity index is 3.69. The molecule has 0 aliphatic rings. The van der Waals surface area contributed by atoms with Gasteiger partial charge in [0.15, 0.2) is 0 Å². The van der Waals surface area contributed by atoms with Gasteiger partial charge in [0.05, 0.1) is 6.04 Å². The number of hydrogen-bond donors (Lipinski definition) is 5.